The fourth-order valence-corrected chi connectivity index (χ4v) is 2.65. The Morgan fingerprint density at radius 3 is 2.58 bits per heavy atom. The summed E-state index contributed by atoms with van der Waals surface area (Å²) in [6.45, 7) is 3.84. The van der Waals surface area contributed by atoms with E-state index in [0.29, 0.717) is 19.3 Å². The van der Waals surface area contributed by atoms with Crippen molar-refractivity contribution >= 4 is 22.9 Å². The number of carbonyl (C=O) groups excluding carboxylic acids is 1. The van der Waals surface area contributed by atoms with Crippen LogP contribution in [0.4, 0.5) is 0 Å². The Labute approximate surface area is 139 Å². The molecule has 0 unspecified atom stereocenters. The Morgan fingerprint density at radius 2 is 1.92 bits per heavy atom. The molecule has 24 heavy (non-hydrogen) atoms. The third-order valence-electron chi connectivity index (χ3n) is 3.79. The lowest BCUT2D eigenvalue weighted by Crippen LogP contribution is -2.41. The molecule has 1 atom stereocenters. The number of aromatic nitrogens is 2. The second-order valence-corrected chi connectivity index (χ2v) is 6.40. The van der Waals surface area contributed by atoms with Gasteiger partial charge in [0.25, 0.3) is 0 Å². The first-order valence-corrected chi connectivity index (χ1v) is 8.08. The number of rotatable bonds is 8. The van der Waals surface area contributed by atoms with Crippen molar-refractivity contribution in [1.29, 1.82) is 0 Å². The van der Waals surface area contributed by atoms with Crippen molar-refractivity contribution in [3.8, 4) is 0 Å². The maximum absolute atomic E-state index is 11.9. The van der Waals surface area contributed by atoms with Crippen molar-refractivity contribution < 1.29 is 14.7 Å². The van der Waals surface area contributed by atoms with Crippen LogP contribution in [0.1, 0.15) is 38.7 Å². The zero-order valence-electron chi connectivity index (χ0n) is 13.9. The minimum Gasteiger partial charge on any atom is -0.480 e. The molecular weight excluding hydrogens is 310 g/mol. The monoisotopic (exact) mass is 333 g/mol. The number of fused-ring (bicyclic) bond motifs is 1. The van der Waals surface area contributed by atoms with E-state index in [2.05, 4.69) is 15.3 Å². The fourth-order valence-electron chi connectivity index (χ4n) is 2.65. The summed E-state index contributed by atoms with van der Waals surface area (Å²) >= 11 is 0. The number of hydrogen-bond acceptors (Lipinski definition) is 3. The van der Waals surface area contributed by atoms with Crippen LogP contribution in [0.2, 0.25) is 0 Å². The summed E-state index contributed by atoms with van der Waals surface area (Å²) in [5.74, 6) is -1.06. The van der Waals surface area contributed by atoms with Crippen LogP contribution < -0.4 is 11.0 Å². The Hall–Kier alpha value is -2.57. The summed E-state index contributed by atoms with van der Waals surface area (Å²) < 4.78 is 0. The van der Waals surface area contributed by atoms with Crippen LogP contribution in [0.15, 0.2) is 23.0 Å². The lowest BCUT2D eigenvalue weighted by atomic mass is 10.0. The lowest BCUT2D eigenvalue weighted by molar-refractivity contribution is -0.142. The summed E-state index contributed by atoms with van der Waals surface area (Å²) in [4.78, 5) is 39.7. The highest BCUT2D eigenvalue weighted by Gasteiger charge is 2.20. The predicted molar refractivity (Wildman–Crippen MR) is 90.9 cm³/mol. The summed E-state index contributed by atoms with van der Waals surface area (Å²) in [5.41, 5.74) is 2.26. The molecule has 1 amide bonds. The summed E-state index contributed by atoms with van der Waals surface area (Å²) in [7, 11) is 0. The standard InChI is InChI=1S/C17H23N3O4/c1-10(2)8-14(16(22)23)18-15(21)5-3-4-11-6-7-12-13(9-11)20-17(24)19-12/h6-7,9-10,14H,3-5,8H2,1-2H3,(H,18,21)(H,22,23)(H2,19,20,24)/t14-/m0/s1. The normalized spacial score (nSPS) is 12.5. The van der Waals surface area contributed by atoms with E-state index in [1.807, 2.05) is 32.0 Å². The van der Waals surface area contributed by atoms with E-state index < -0.39 is 12.0 Å². The fraction of sp³-hybridized carbons (Fsp3) is 0.471. The van der Waals surface area contributed by atoms with E-state index in [9.17, 15) is 14.4 Å². The molecule has 7 heteroatoms. The Morgan fingerprint density at radius 1 is 1.21 bits per heavy atom. The van der Waals surface area contributed by atoms with Crippen LogP contribution in [0.5, 0.6) is 0 Å². The van der Waals surface area contributed by atoms with Crippen molar-refractivity contribution in [3.05, 3.63) is 34.2 Å². The number of aliphatic carboxylic acids is 1. The van der Waals surface area contributed by atoms with Crippen LogP contribution >= 0.6 is 0 Å². The molecule has 7 nitrogen and oxygen atoms in total. The number of hydrogen-bond donors (Lipinski definition) is 4. The molecule has 0 saturated heterocycles. The average molecular weight is 333 g/mol. The minimum absolute atomic E-state index is 0.196. The summed E-state index contributed by atoms with van der Waals surface area (Å²) in [5, 5.41) is 11.7. The highest BCUT2D eigenvalue weighted by atomic mass is 16.4. The number of H-pyrrole nitrogens is 2. The van der Waals surface area contributed by atoms with Crippen LogP contribution in [-0.2, 0) is 16.0 Å². The molecular formula is C17H23N3O4. The van der Waals surface area contributed by atoms with Crippen molar-refractivity contribution in [3.63, 3.8) is 0 Å². The van der Waals surface area contributed by atoms with Crippen LogP contribution in [0.3, 0.4) is 0 Å². The zero-order chi connectivity index (χ0) is 17.7. The quantitative estimate of drug-likeness (QED) is 0.589. The number of aryl methyl sites for hydroxylation is 1. The number of benzene rings is 1. The molecule has 0 aliphatic carbocycles. The lowest BCUT2D eigenvalue weighted by Gasteiger charge is -2.16. The molecule has 0 bridgehead atoms. The van der Waals surface area contributed by atoms with E-state index in [-0.39, 0.29) is 23.9 Å². The van der Waals surface area contributed by atoms with E-state index >= 15 is 0 Å². The third-order valence-corrected chi connectivity index (χ3v) is 3.79. The molecule has 1 heterocycles. The van der Waals surface area contributed by atoms with Gasteiger partial charge in [0.15, 0.2) is 0 Å². The number of carboxylic acids is 1. The smallest absolute Gasteiger partial charge is 0.326 e. The average Bonchev–Trinajstić information content (AvgIpc) is 2.85. The van der Waals surface area contributed by atoms with Gasteiger partial charge in [0.1, 0.15) is 6.04 Å². The van der Waals surface area contributed by atoms with E-state index in [4.69, 9.17) is 5.11 Å². The van der Waals surface area contributed by atoms with Crippen LogP contribution in [0.25, 0.3) is 11.0 Å². The Kier molecular flexibility index (Phi) is 5.78. The van der Waals surface area contributed by atoms with Gasteiger partial charge in [-0.1, -0.05) is 19.9 Å². The molecule has 4 N–H and O–H groups in total. The topological polar surface area (TPSA) is 115 Å². The zero-order valence-corrected chi connectivity index (χ0v) is 13.9. The second-order valence-electron chi connectivity index (χ2n) is 6.40. The molecule has 0 aliphatic heterocycles. The molecule has 0 aliphatic rings. The van der Waals surface area contributed by atoms with E-state index in [1.165, 1.54) is 0 Å². The molecule has 1 aromatic heterocycles. The molecule has 1 aromatic carbocycles. The molecule has 0 saturated carbocycles. The first kappa shape index (κ1) is 17.8. The Bertz CT molecular complexity index is 775. The van der Waals surface area contributed by atoms with E-state index in [0.717, 1.165) is 16.6 Å². The van der Waals surface area contributed by atoms with Gasteiger partial charge < -0.3 is 20.4 Å². The van der Waals surface area contributed by atoms with Crippen LogP contribution in [0, 0.1) is 5.92 Å². The van der Waals surface area contributed by atoms with Crippen molar-refractivity contribution in [2.45, 2.75) is 45.6 Å². The first-order chi connectivity index (χ1) is 11.3. The maximum Gasteiger partial charge on any atom is 0.326 e. The minimum atomic E-state index is -1.00. The number of aromatic amines is 2. The molecule has 2 rings (SSSR count). The molecule has 2 aromatic rings. The van der Waals surface area contributed by atoms with Gasteiger partial charge in [-0.25, -0.2) is 9.59 Å². The molecule has 0 spiro atoms. The number of amides is 1. The van der Waals surface area contributed by atoms with Gasteiger partial charge in [-0.15, -0.1) is 0 Å². The van der Waals surface area contributed by atoms with Gasteiger partial charge in [0.2, 0.25) is 5.91 Å². The number of imidazole rings is 1. The van der Waals surface area contributed by atoms with Gasteiger partial charge in [-0.05, 0) is 42.9 Å². The van der Waals surface area contributed by atoms with Gasteiger partial charge in [0.05, 0.1) is 11.0 Å². The number of carbonyl (C=O) groups is 2. The second kappa shape index (κ2) is 7.81. The number of nitrogens with one attached hydrogen (secondary N) is 3. The highest BCUT2D eigenvalue weighted by molar-refractivity contribution is 5.83. The van der Waals surface area contributed by atoms with E-state index in [1.54, 1.807) is 0 Å². The van der Waals surface area contributed by atoms with Crippen LogP contribution in [-0.4, -0.2) is 33.0 Å². The summed E-state index contributed by atoms with van der Waals surface area (Å²) in [6, 6.07) is 4.78. The third kappa shape index (κ3) is 4.97. The summed E-state index contributed by atoms with van der Waals surface area (Å²) in [6.07, 6.45) is 1.97. The maximum atomic E-state index is 11.9. The largest absolute Gasteiger partial charge is 0.480 e. The molecule has 130 valence electrons. The van der Waals surface area contributed by atoms with Gasteiger partial charge in [0, 0.05) is 6.42 Å². The van der Waals surface area contributed by atoms with Crippen molar-refractivity contribution in [1.82, 2.24) is 15.3 Å². The predicted octanol–water partition coefficient (Wildman–Crippen LogP) is 1.79. The molecule has 0 radical (unpaired) electrons. The SMILES string of the molecule is CC(C)C[C@H](NC(=O)CCCc1ccc2[nH]c(=O)[nH]c2c1)C(=O)O. The van der Waals surface area contributed by atoms with Gasteiger partial charge in [-0.3, -0.25) is 4.79 Å². The number of carboxylic acid groups (broad SMARTS) is 1. The molecule has 0 fully saturated rings. The first-order valence-electron chi connectivity index (χ1n) is 8.08. The highest BCUT2D eigenvalue weighted by Crippen LogP contribution is 2.13. The van der Waals surface area contributed by atoms with Gasteiger partial charge in [-0.2, -0.15) is 0 Å². The van der Waals surface area contributed by atoms with Gasteiger partial charge >= 0.3 is 11.7 Å². The van der Waals surface area contributed by atoms with Crippen molar-refractivity contribution in [2.75, 3.05) is 0 Å². The Balaban J connectivity index is 1.84. The van der Waals surface area contributed by atoms with Crippen molar-refractivity contribution in [2.24, 2.45) is 5.92 Å².